The molecule has 0 unspecified atom stereocenters. The normalized spacial score (nSPS) is 17.5. The lowest BCUT2D eigenvalue weighted by molar-refractivity contribution is 0.0546. The van der Waals surface area contributed by atoms with Gasteiger partial charge in [0, 0.05) is 23.1 Å². The second-order valence-corrected chi connectivity index (χ2v) is 4.95. The van der Waals surface area contributed by atoms with Crippen LogP contribution >= 0.6 is 15.9 Å². The summed E-state index contributed by atoms with van der Waals surface area (Å²) in [4.78, 5) is 13.8. The van der Waals surface area contributed by atoms with Crippen molar-refractivity contribution >= 4 is 21.8 Å². The van der Waals surface area contributed by atoms with Crippen LogP contribution < -0.4 is 0 Å². The topological polar surface area (TPSA) is 40.5 Å². The van der Waals surface area contributed by atoms with Crippen LogP contribution in [0.2, 0.25) is 0 Å². The van der Waals surface area contributed by atoms with Gasteiger partial charge in [0.25, 0.3) is 5.91 Å². The summed E-state index contributed by atoms with van der Waals surface area (Å²) >= 11 is 3.34. The number of hydrogen-bond donors (Lipinski definition) is 1. The first-order chi connectivity index (χ1) is 7.66. The molecule has 1 amide bonds. The van der Waals surface area contributed by atoms with E-state index in [1.165, 1.54) is 0 Å². The molecule has 0 bridgehead atoms. The molecule has 1 saturated heterocycles. The molecule has 1 aliphatic heterocycles. The van der Waals surface area contributed by atoms with Crippen molar-refractivity contribution in [1.29, 1.82) is 0 Å². The van der Waals surface area contributed by atoms with E-state index < -0.39 is 0 Å². The molecule has 1 heterocycles. The van der Waals surface area contributed by atoms with Gasteiger partial charge in [0.1, 0.15) is 0 Å². The van der Waals surface area contributed by atoms with Crippen molar-refractivity contribution < 1.29 is 9.90 Å². The maximum absolute atomic E-state index is 12.0. The van der Waals surface area contributed by atoms with E-state index in [9.17, 15) is 9.90 Å². The highest BCUT2D eigenvalue weighted by atomic mass is 79.9. The van der Waals surface area contributed by atoms with E-state index in [0.29, 0.717) is 31.5 Å². The zero-order chi connectivity index (χ0) is 11.5. The monoisotopic (exact) mass is 283 g/mol. The van der Waals surface area contributed by atoms with Crippen LogP contribution in [-0.4, -0.2) is 35.1 Å². The minimum atomic E-state index is -0.242. The van der Waals surface area contributed by atoms with Gasteiger partial charge in [-0.3, -0.25) is 4.79 Å². The Bertz CT molecular complexity index is 369. The van der Waals surface area contributed by atoms with Crippen molar-refractivity contribution in [3.05, 3.63) is 34.3 Å². The fourth-order valence-electron chi connectivity index (χ4n) is 1.84. The maximum atomic E-state index is 12.0. The average molecular weight is 284 g/mol. The van der Waals surface area contributed by atoms with E-state index in [4.69, 9.17) is 0 Å². The molecule has 0 spiro atoms. The van der Waals surface area contributed by atoms with E-state index in [2.05, 4.69) is 15.9 Å². The van der Waals surface area contributed by atoms with Crippen LogP contribution in [0.25, 0.3) is 0 Å². The molecule has 1 aliphatic rings. The first kappa shape index (κ1) is 11.6. The van der Waals surface area contributed by atoms with Gasteiger partial charge in [-0.1, -0.05) is 15.9 Å². The smallest absolute Gasteiger partial charge is 0.253 e. The summed E-state index contributed by atoms with van der Waals surface area (Å²) < 4.78 is 0.970. The van der Waals surface area contributed by atoms with Crippen molar-refractivity contribution in [2.24, 2.45) is 0 Å². The predicted octanol–water partition coefficient (Wildman–Crippen LogP) is 2.05. The molecule has 0 aromatic heterocycles. The van der Waals surface area contributed by atoms with Crippen molar-refractivity contribution in [2.45, 2.75) is 18.9 Å². The predicted molar refractivity (Wildman–Crippen MR) is 65.3 cm³/mol. The van der Waals surface area contributed by atoms with E-state index in [0.717, 1.165) is 4.47 Å². The van der Waals surface area contributed by atoms with E-state index >= 15 is 0 Å². The molecule has 0 aliphatic carbocycles. The fourth-order valence-corrected chi connectivity index (χ4v) is 2.11. The lowest BCUT2D eigenvalue weighted by atomic mass is 10.1. The van der Waals surface area contributed by atoms with Crippen LogP contribution in [0.4, 0.5) is 0 Å². The molecule has 1 aromatic rings. The lowest BCUT2D eigenvalue weighted by Gasteiger charge is -2.29. The van der Waals surface area contributed by atoms with Gasteiger partial charge in [-0.2, -0.15) is 0 Å². The summed E-state index contributed by atoms with van der Waals surface area (Å²) in [6.07, 6.45) is 1.12. The van der Waals surface area contributed by atoms with Gasteiger partial charge in [-0.25, -0.2) is 0 Å². The van der Waals surface area contributed by atoms with Crippen LogP contribution in [0.1, 0.15) is 23.2 Å². The van der Waals surface area contributed by atoms with E-state index in [-0.39, 0.29) is 12.0 Å². The van der Waals surface area contributed by atoms with Crippen molar-refractivity contribution in [3.63, 3.8) is 0 Å². The minimum Gasteiger partial charge on any atom is -0.393 e. The number of halogens is 1. The molecule has 16 heavy (non-hydrogen) atoms. The second kappa shape index (κ2) is 4.97. The van der Waals surface area contributed by atoms with Crippen LogP contribution in [0.3, 0.4) is 0 Å². The third-order valence-electron chi connectivity index (χ3n) is 2.84. The van der Waals surface area contributed by atoms with Crippen LogP contribution in [-0.2, 0) is 0 Å². The highest BCUT2D eigenvalue weighted by molar-refractivity contribution is 9.10. The third-order valence-corrected chi connectivity index (χ3v) is 3.37. The molecule has 0 atom stereocenters. The molecule has 86 valence electrons. The van der Waals surface area contributed by atoms with Gasteiger partial charge in [0.2, 0.25) is 0 Å². The molecule has 0 radical (unpaired) electrons. The van der Waals surface area contributed by atoms with Crippen molar-refractivity contribution in [2.75, 3.05) is 13.1 Å². The standard InChI is InChI=1S/C12H14BrNO2/c13-10-3-1-9(2-4-10)12(16)14-7-5-11(15)6-8-14/h1-4,11,15H,5-8H2. The molecule has 1 N–H and O–H groups in total. The van der Waals surface area contributed by atoms with E-state index in [1.54, 1.807) is 4.90 Å². The summed E-state index contributed by atoms with van der Waals surface area (Å²) in [6.45, 7) is 1.30. The Hall–Kier alpha value is -0.870. The molecular weight excluding hydrogens is 270 g/mol. The highest BCUT2D eigenvalue weighted by Crippen LogP contribution is 2.16. The van der Waals surface area contributed by atoms with Crippen molar-refractivity contribution in [1.82, 2.24) is 4.90 Å². The first-order valence-electron chi connectivity index (χ1n) is 5.40. The number of likely N-dealkylation sites (tertiary alicyclic amines) is 1. The average Bonchev–Trinajstić information content (AvgIpc) is 2.30. The van der Waals surface area contributed by atoms with Gasteiger partial charge < -0.3 is 10.0 Å². The molecule has 0 saturated carbocycles. The summed E-state index contributed by atoms with van der Waals surface area (Å²) in [7, 11) is 0. The zero-order valence-electron chi connectivity index (χ0n) is 8.90. The minimum absolute atomic E-state index is 0.0550. The number of benzene rings is 1. The molecule has 4 heteroatoms. The Kier molecular flexibility index (Phi) is 3.61. The quantitative estimate of drug-likeness (QED) is 0.857. The number of carbonyl (C=O) groups excluding carboxylic acids is 1. The van der Waals surface area contributed by atoms with Crippen LogP contribution in [0.15, 0.2) is 28.7 Å². The molecule has 1 fully saturated rings. The summed E-state index contributed by atoms with van der Waals surface area (Å²) in [6, 6.07) is 7.37. The molecule has 3 nitrogen and oxygen atoms in total. The Morgan fingerprint density at radius 2 is 1.81 bits per heavy atom. The second-order valence-electron chi connectivity index (χ2n) is 4.03. The maximum Gasteiger partial charge on any atom is 0.253 e. The Balaban J connectivity index is 2.05. The molecule has 1 aromatic carbocycles. The third kappa shape index (κ3) is 2.62. The lowest BCUT2D eigenvalue weighted by Crippen LogP contribution is -2.40. The van der Waals surface area contributed by atoms with Gasteiger partial charge >= 0.3 is 0 Å². The van der Waals surface area contributed by atoms with Crippen LogP contribution in [0.5, 0.6) is 0 Å². The fraction of sp³-hybridized carbons (Fsp3) is 0.417. The summed E-state index contributed by atoms with van der Waals surface area (Å²) in [5.41, 5.74) is 0.708. The number of carbonyl (C=O) groups is 1. The molecule has 2 rings (SSSR count). The van der Waals surface area contributed by atoms with E-state index in [1.807, 2.05) is 24.3 Å². The summed E-state index contributed by atoms with van der Waals surface area (Å²) in [5.74, 6) is 0.0550. The number of aliphatic hydroxyl groups is 1. The molecular formula is C12H14BrNO2. The Morgan fingerprint density at radius 3 is 2.38 bits per heavy atom. The Labute approximate surface area is 103 Å². The number of piperidine rings is 1. The van der Waals surface area contributed by atoms with Gasteiger partial charge in [-0.05, 0) is 37.1 Å². The number of aliphatic hydroxyl groups excluding tert-OH is 1. The SMILES string of the molecule is O=C(c1ccc(Br)cc1)N1CCC(O)CC1. The van der Waals surface area contributed by atoms with Gasteiger partial charge in [0.05, 0.1) is 6.10 Å². The number of rotatable bonds is 1. The zero-order valence-corrected chi connectivity index (χ0v) is 10.5. The number of hydrogen-bond acceptors (Lipinski definition) is 2. The largest absolute Gasteiger partial charge is 0.393 e. The highest BCUT2D eigenvalue weighted by Gasteiger charge is 2.21. The van der Waals surface area contributed by atoms with Crippen molar-refractivity contribution in [3.8, 4) is 0 Å². The van der Waals surface area contributed by atoms with Gasteiger partial charge in [0.15, 0.2) is 0 Å². The first-order valence-corrected chi connectivity index (χ1v) is 6.19. The number of amides is 1. The van der Waals surface area contributed by atoms with Gasteiger partial charge in [-0.15, -0.1) is 0 Å². The number of nitrogens with zero attached hydrogens (tertiary/aromatic N) is 1. The summed E-state index contributed by atoms with van der Waals surface area (Å²) in [5, 5.41) is 9.37. The Morgan fingerprint density at radius 1 is 1.25 bits per heavy atom. The van der Waals surface area contributed by atoms with Crippen LogP contribution in [0, 0.1) is 0 Å².